The number of esters is 1. The monoisotopic (exact) mass is 366 g/mol. The summed E-state index contributed by atoms with van der Waals surface area (Å²) in [7, 11) is 2.67. The van der Waals surface area contributed by atoms with Crippen LogP contribution in [0.3, 0.4) is 0 Å². The van der Waals surface area contributed by atoms with Crippen molar-refractivity contribution in [2.75, 3.05) is 14.2 Å². The van der Waals surface area contributed by atoms with Gasteiger partial charge in [0.1, 0.15) is 5.56 Å². The third-order valence-corrected chi connectivity index (χ3v) is 4.27. The topological polar surface area (TPSA) is 117 Å². The van der Waals surface area contributed by atoms with Gasteiger partial charge in [-0.1, -0.05) is 12.8 Å². The summed E-state index contributed by atoms with van der Waals surface area (Å²) in [6.07, 6.45) is 2.82. The van der Waals surface area contributed by atoms with E-state index in [1.807, 2.05) is 0 Å². The lowest BCUT2D eigenvalue weighted by Gasteiger charge is -2.17. The number of nitro benzene ring substituents is 1. The molecule has 1 unspecified atom stereocenters. The molecule has 0 saturated heterocycles. The van der Waals surface area contributed by atoms with Gasteiger partial charge in [0.15, 0.2) is 17.6 Å². The van der Waals surface area contributed by atoms with Gasteiger partial charge in [-0.25, -0.2) is 4.79 Å². The molecule has 0 bridgehead atoms. The Morgan fingerprint density at radius 1 is 1.19 bits per heavy atom. The first kappa shape index (κ1) is 19.5. The second kappa shape index (κ2) is 8.50. The molecule has 2 rings (SSSR count). The lowest BCUT2D eigenvalue weighted by molar-refractivity contribution is -0.385. The first-order chi connectivity index (χ1) is 12.4. The molecule has 1 saturated carbocycles. The van der Waals surface area contributed by atoms with Crippen molar-refractivity contribution in [2.45, 2.75) is 44.8 Å². The van der Waals surface area contributed by atoms with Crippen LogP contribution in [0.4, 0.5) is 5.69 Å². The third-order valence-electron chi connectivity index (χ3n) is 4.27. The minimum Gasteiger partial charge on any atom is -0.493 e. The molecule has 1 atom stereocenters. The molecule has 1 amide bonds. The highest BCUT2D eigenvalue weighted by atomic mass is 16.6. The second-order valence-corrected chi connectivity index (χ2v) is 6.02. The number of benzene rings is 1. The van der Waals surface area contributed by atoms with Gasteiger partial charge in [0.25, 0.3) is 11.6 Å². The van der Waals surface area contributed by atoms with E-state index in [9.17, 15) is 19.7 Å². The van der Waals surface area contributed by atoms with Crippen molar-refractivity contribution >= 4 is 17.6 Å². The van der Waals surface area contributed by atoms with E-state index in [1.54, 1.807) is 0 Å². The van der Waals surface area contributed by atoms with Gasteiger partial charge in [0, 0.05) is 12.1 Å². The van der Waals surface area contributed by atoms with Crippen molar-refractivity contribution < 1.29 is 28.7 Å². The number of nitro groups is 1. The summed E-state index contributed by atoms with van der Waals surface area (Å²) >= 11 is 0. The van der Waals surface area contributed by atoms with Crippen molar-refractivity contribution in [2.24, 2.45) is 0 Å². The van der Waals surface area contributed by atoms with E-state index in [1.165, 1.54) is 27.2 Å². The van der Waals surface area contributed by atoms with E-state index in [0.717, 1.165) is 31.7 Å². The molecule has 0 radical (unpaired) electrons. The van der Waals surface area contributed by atoms with Crippen LogP contribution in [0.5, 0.6) is 11.5 Å². The van der Waals surface area contributed by atoms with Gasteiger partial charge in [-0.15, -0.1) is 0 Å². The number of carbonyl (C=O) groups excluding carboxylic acids is 2. The van der Waals surface area contributed by atoms with Crippen LogP contribution in [0.1, 0.15) is 43.0 Å². The van der Waals surface area contributed by atoms with Crippen LogP contribution in [-0.4, -0.2) is 43.2 Å². The highest BCUT2D eigenvalue weighted by Crippen LogP contribution is 2.35. The summed E-state index contributed by atoms with van der Waals surface area (Å²) in [5.74, 6) is -1.14. The summed E-state index contributed by atoms with van der Waals surface area (Å²) < 4.78 is 15.2. The van der Waals surface area contributed by atoms with E-state index < -0.39 is 28.6 Å². The van der Waals surface area contributed by atoms with Crippen LogP contribution in [0.15, 0.2) is 12.1 Å². The molecule has 1 aliphatic carbocycles. The quantitative estimate of drug-likeness (QED) is 0.446. The lowest BCUT2D eigenvalue weighted by atomic mass is 10.1. The maximum absolute atomic E-state index is 12.4. The SMILES string of the molecule is COc1cc(C(=O)OC(C)C(=O)NC2CCCC2)c([N+](=O)[O-])cc1OC. The van der Waals surface area contributed by atoms with Gasteiger partial charge >= 0.3 is 5.97 Å². The number of methoxy groups -OCH3 is 2. The van der Waals surface area contributed by atoms with Crippen LogP contribution in [0.25, 0.3) is 0 Å². The Morgan fingerprint density at radius 3 is 2.31 bits per heavy atom. The normalized spacial score (nSPS) is 15.2. The summed E-state index contributed by atoms with van der Waals surface area (Å²) in [6.45, 7) is 1.43. The summed E-state index contributed by atoms with van der Waals surface area (Å²) in [5.41, 5.74) is -0.802. The summed E-state index contributed by atoms with van der Waals surface area (Å²) in [6, 6.07) is 2.33. The molecule has 9 nitrogen and oxygen atoms in total. The summed E-state index contributed by atoms with van der Waals surface area (Å²) in [4.78, 5) is 35.1. The van der Waals surface area contributed by atoms with Crippen LogP contribution in [-0.2, 0) is 9.53 Å². The fourth-order valence-corrected chi connectivity index (χ4v) is 2.85. The zero-order valence-corrected chi connectivity index (χ0v) is 14.9. The maximum Gasteiger partial charge on any atom is 0.346 e. The van der Waals surface area contributed by atoms with Crippen LogP contribution in [0, 0.1) is 10.1 Å². The van der Waals surface area contributed by atoms with E-state index in [2.05, 4.69) is 5.32 Å². The first-order valence-corrected chi connectivity index (χ1v) is 8.29. The second-order valence-electron chi connectivity index (χ2n) is 6.02. The molecule has 0 aromatic heterocycles. The molecular formula is C17H22N2O7. The van der Waals surface area contributed by atoms with Gasteiger partial charge in [0.05, 0.1) is 25.2 Å². The zero-order valence-electron chi connectivity index (χ0n) is 14.9. The molecule has 0 heterocycles. The average Bonchev–Trinajstić information content (AvgIpc) is 3.13. The number of nitrogens with one attached hydrogen (secondary N) is 1. The number of hydrogen-bond acceptors (Lipinski definition) is 7. The van der Waals surface area contributed by atoms with E-state index >= 15 is 0 Å². The molecule has 1 N–H and O–H groups in total. The van der Waals surface area contributed by atoms with Crippen molar-refractivity contribution in [1.82, 2.24) is 5.32 Å². The van der Waals surface area contributed by atoms with Crippen LogP contribution < -0.4 is 14.8 Å². The molecule has 9 heteroatoms. The van der Waals surface area contributed by atoms with Crippen molar-refractivity contribution in [1.29, 1.82) is 0 Å². The number of rotatable bonds is 7. The molecule has 0 spiro atoms. The predicted molar refractivity (Wildman–Crippen MR) is 91.5 cm³/mol. The van der Waals surface area contributed by atoms with Crippen molar-refractivity contribution in [3.05, 3.63) is 27.8 Å². The van der Waals surface area contributed by atoms with Gasteiger partial charge in [-0.2, -0.15) is 0 Å². The Morgan fingerprint density at radius 2 is 1.77 bits per heavy atom. The number of nitrogens with zero attached hydrogens (tertiary/aromatic N) is 1. The predicted octanol–water partition coefficient (Wildman–Crippen LogP) is 2.22. The Balaban J connectivity index is 2.16. The molecular weight excluding hydrogens is 344 g/mol. The first-order valence-electron chi connectivity index (χ1n) is 8.29. The summed E-state index contributed by atoms with van der Waals surface area (Å²) in [5, 5.41) is 14.1. The Kier molecular flexibility index (Phi) is 6.37. The molecule has 1 fully saturated rings. The molecule has 1 aliphatic rings. The number of ether oxygens (including phenoxy) is 3. The molecule has 142 valence electrons. The molecule has 0 aliphatic heterocycles. The van der Waals surface area contributed by atoms with Crippen LogP contribution in [0.2, 0.25) is 0 Å². The largest absolute Gasteiger partial charge is 0.493 e. The Hall–Kier alpha value is -2.84. The fourth-order valence-electron chi connectivity index (χ4n) is 2.85. The Labute approximate surface area is 150 Å². The minimum atomic E-state index is -1.07. The smallest absolute Gasteiger partial charge is 0.346 e. The van der Waals surface area contributed by atoms with Gasteiger partial charge in [-0.05, 0) is 19.8 Å². The van der Waals surface area contributed by atoms with Crippen LogP contribution >= 0.6 is 0 Å². The highest BCUT2D eigenvalue weighted by molar-refractivity contribution is 5.96. The highest BCUT2D eigenvalue weighted by Gasteiger charge is 2.29. The van der Waals surface area contributed by atoms with Gasteiger partial charge in [0.2, 0.25) is 0 Å². The number of hydrogen-bond donors (Lipinski definition) is 1. The van der Waals surface area contributed by atoms with Crippen molar-refractivity contribution in [3.63, 3.8) is 0 Å². The molecule has 1 aromatic rings. The lowest BCUT2D eigenvalue weighted by Crippen LogP contribution is -2.40. The fraction of sp³-hybridized carbons (Fsp3) is 0.529. The standard InChI is InChI=1S/C17H22N2O7/c1-10(16(20)18-11-6-4-5-7-11)26-17(21)12-8-14(24-2)15(25-3)9-13(12)19(22)23/h8-11H,4-7H2,1-3H3,(H,18,20). The number of carbonyl (C=O) groups is 2. The van der Waals surface area contributed by atoms with E-state index in [0.29, 0.717) is 0 Å². The van der Waals surface area contributed by atoms with E-state index in [4.69, 9.17) is 14.2 Å². The maximum atomic E-state index is 12.4. The number of amides is 1. The van der Waals surface area contributed by atoms with Crippen molar-refractivity contribution in [3.8, 4) is 11.5 Å². The Bertz CT molecular complexity index is 699. The zero-order chi connectivity index (χ0) is 19.3. The minimum absolute atomic E-state index is 0.0825. The third kappa shape index (κ3) is 4.41. The van der Waals surface area contributed by atoms with Gasteiger partial charge in [-0.3, -0.25) is 14.9 Å². The van der Waals surface area contributed by atoms with Gasteiger partial charge < -0.3 is 19.5 Å². The van der Waals surface area contributed by atoms with E-state index in [-0.39, 0.29) is 23.1 Å². The average molecular weight is 366 g/mol. The molecule has 1 aromatic carbocycles. The molecule has 26 heavy (non-hydrogen) atoms.